The number of carboxylic acids is 1. The normalized spacial score (nSPS) is 11.2. The fourth-order valence-electron chi connectivity index (χ4n) is 2.59. The van der Waals surface area contributed by atoms with Crippen LogP contribution in [0.5, 0.6) is 0 Å². The van der Waals surface area contributed by atoms with E-state index in [-0.39, 0.29) is 17.9 Å². The molecule has 0 aliphatic carbocycles. The van der Waals surface area contributed by atoms with Crippen LogP contribution in [-0.4, -0.2) is 23.5 Å². The van der Waals surface area contributed by atoms with E-state index < -0.39 is 5.97 Å². The van der Waals surface area contributed by atoms with Crippen molar-refractivity contribution in [1.82, 2.24) is 5.32 Å². The first-order chi connectivity index (χ1) is 9.82. The molecule has 1 amide bonds. The van der Waals surface area contributed by atoms with Crippen molar-refractivity contribution in [2.45, 2.75) is 34.1 Å². The van der Waals surface area contributed by atoms with Crippen LogP contribution in [0.4, 0.5) is 0 Å². The molecule has 0 heterocycles. The predicted molar refractivity (Wildman–Crippen MR) is 83.3 cm³/mol. The van der Waals surface area contributed by atoms with E-state index in [1.807, 2.05) is 0 Å². The third-order valence-electron chi connectivity index (χ3n) is 3.85. The van der Waals surface area contributed by atoms with Crippen LogP contribution in [0.2, 0.25) is 0 Å². The molecule has 1 aromatic carbocycles. The SMILES string of the molecule is CC(C)C(CNC(=O)Cc1ccccc1C(=O)O)C(C)C. The molecule has 0 aliphatic rings. The van der Waals surface area contributed by atoms with E-state index >= 15 is 0 Å². The Morgan fingerprint density at radius 2 is 1.67 bits per heavy atom. The van der Waals surface area contributed by atoms with Crippen LogP contribution in [-0.2, 0) is 11.2 Å². The third-order valence-corrected chi connectivity index (χ3v) is 3.85. The Bertz CT molecular complexity index is 487. The van der Waals surface area contributed by atoms with Gasteiger partial charge in [0.2, 0.25) is 5.91 Å². The molecular formula is C17H25NO3. The Labute approximate surface area is 126 Å². The minimum Gasteiger partial charge on any atom is -0.478 e. The summed E-state index contributed by atoms with van der Waals surface area (Å²) < 4.78 is 0. The molecule has 0 fully saturated rings. The number of hydrogen-bond donors (Lipinski definition) is 2. The van der Waals surface area contributed by atoms with Crippen LogP contribution in [0.25, 0.3) is 0 Å². The molecule has 0 radical (unpaired) electrons. The van der Waals surface area contributed by atoms with Crippen LogP contribution in [0.1, 0.15) is 43.6 Å². The average molecular weight is 291 g/mol. The van der Waals surface area contributed by atoms with E-state index in [2.05, 4.69) is 33.0 Å². The molecule has 0 saturated heterocycles. The molecule has 21 heavy (non-hydrogen) atoms. The first-order valence-electron chi connectivity index (χ1n) is 7.40. The van der Waals surface area contributed by atoms with Gasteiger partial charge in [-0.15, -0.1) is 0 Å². The Morgan fingerprint density at radius 3 is 2.19 bits per heavy atom. The third kappa shape index (κ3) is 5.21. The first-order valence-corrected chi connectivity index (χ1v) is 7.40. The number of carbonyl (C=O) groups excluding carboxylic acids is 1. The summed E-state index contributed by atoms with van der Waals surface area (Å²) in [5, 5.41) is 12.0. The second-order valence-corrected chi connectivity index (χ2v) is 6.10. The zero-order valence-electron chi connectivity index (χ0n) is 13.2. The van der Waals surface area contributed by atoms with Gasteiger partial charge in [0.15, 0.2) is 0 Å². The molecule has 1 aromatic rings. The van der Waals surface area contributed by atoms with Crippen molar-refractivity contribution in [2.24, 2.45) is 17.8 Å². The largest absolute Gasteiger partial charge is 0.478 e. The van der Waals surface area contributed by atoms with E-state index in [0.29, 0.717) is 29.9 Å². The summed E-state index contributed by atoms with van der Waals surface area (Å²) >= 11 is 0. The van der Waals surface area contributed by atoms with Crippen LogP contribution in [0.3, 0.4) is 0 Å². The summed E-state index contributed by atoms with van der Waals surface area (Å²) in [6.45, 7) is 9.23. The monoisotopic (exact) mass is 291 g/mol. The molecule has 2 N–H and O–H groups in total. The number of benzene rings is 1. The number of carbonyl (C=O) groups is 2. The molecule has 0 aromatic heterocycles. The number of rotatable bonds is 7. The highest BCUT2D eigenvalue weighted by atomic mass is 16.4. The van der Waals surface area contributed by atoms with Gasteiger partial charge in [0.1, 0.15) is 0 Å². The summed E-state index contributed by atoms with van der Waals surface area (Å²) in [5.41, 5.74) is 0.741. The summed E-state index contributed by atoms with van der Waals surface area (Å²) in [7, 11) is 0. The maximum absolute atomic E-state index is 12.0. The summed E-state index contributed by atoms with van der Waals surface area (Å²) in [6, 6.07) is 6.62. The van der Waals surface area contributed by atoms with Gasteiger partial charge in [0.25, 0.3) is 0 Å². The Balaban J connectivity index is 2.64. The van der Waals surface area contributed by atoms with Crippen molar-refractivity contribution in [3.05, 3.63) is 35.4 Å². The van der Waals surface area contributed by atoms with Crippen molar-refractivity contribution < 1.29 is 14.7 Å². The average Bonchev–Trinajstić information content (AvgIpc) is 2.38. The van der Waals surface area contributed by atoms with Crippen LogP contribution in [0, 0.1) is 17.8 Å². The fraction of sp³-hybridized carbons (Fsp3) is 0.529. The Kier molecular flexibility index (Phi) is 6.40. The lowest BCUT2D eigenvalue weighted by Crippen LogP contribution is -2.35. The topological polar surface area (TPSA) is 66.4 Å². The zero-order valence-corrected chi connectivity index (χ0v) is 13.2. The molecule has 116 valence electrons. The number of carboxylic acid groups (broad SMARTS) is 1. The highest BCUT2D eigenvalue weighted by Gasteiger charge is 2.19. The lowest BCUT2D eigenvalue weighted by atomic mass is 9.85. The molecule has 4 heteroatoms. The highest BCUT2D eigenvalue weighted by molar-refractivity contribution is 5.91. The van der Waals surface area contributed by atoms with Crippen molar-refractivity contribution in [3.8, 4) is 0 Å². The minimum absolute atomic E-state index is 0.103. The van der Waals surface area contributed by atoms with Crippen molar-refractivity contribution in [2.75, 3.05) is 6.54 Å². The molecule has 0 aliphatic heterocycles. The molecule has 0 unspecified atom stereocenters. The van der Waals surface area contributed by atoms with Gasteiger partial charge in [0, 0.05) is 6.54 Å². The summed E-state index contributed by atoms with van der Waals surface area (Å²) in [4.78, 5) is 23.1. The first kappa shape index (κ1) is 17.2. The number of amides is 1. The quantitative estimate of drug-likeness (QED) is 0.811. The lowest BCUT2D eigenvalue weighted by Gasteiger charge is -2.25. The standard InChI is InChI=1S/C17H25NO3/c1-11(2)15(12(3)4)10-18-16(19)9-13-7-5-6-8-14(13)17(20)21/h5-8,11-12,15H,9-10H2,1-4H3,(H,18,19)(H,20,21). The van der Waals surface area contributed by atoms with E-state index in [1.165, 1.54) is 6.07 Å². The van der Waals surface area contributed by atoms with E-state index in [4.69, 9.17) is 5.11 Å². The maximum Gasteiger partial charge on any atom is 0.335 e. The van der Waals surface area contributed by atoms with Gasteiger partial charge in [0.05, 0.1) is 12.0 Å². The van der Waals surface area contributed by atoms with E-state index in [1.54, 1.807) is 18.2 Å². The van der Waals surface area contributed by atoms with Crippen molar-refractivity contribution >= 4 is 11.9 Å². The van der Waals surface area contributed by atoms with Crippen molar-refractivity contribution in [1.29, 1.82) is 0 Å². The van der Waals surface area contributed by atoms with Gasteiger partial charge in [-0.05, 0) is 29.4 Å². The Hall–Kier alpha value is -1.84. The zero-order chi connectivity index (χ0) is 16.0. The molecule has 1 rings (SSSR count). The highest BCUT2D eigenvalue weighted by Crippen LogP contribution is 2.19. The number of nitrogens with one attached hydrogen (secondary N) is 1. The second-order valence-electron chi connectivity index (χ2n) is 6.10. The molecule has 0 spiro atoms. The van der Waals surface area contributed by atoms with Crippen LogP contribution < -0.4 is 5.32 Å². The number of aromatic carboxylic acids is 1. The smallest absolute Gasteiger partial charge is 0.335 e. The van der Waals surface area contributed by atoms with Crippen molar-refractivity contribution in [3.63, 3.8) is 0 Å². The molecule has 4 nitrogen and oxygen atoms in total. The maximum atomic E-state index is 12.0. The summed E-state index contributed by atoms with van der Waals surface area (Å²) in [6.07, 6.45) is 0.103. The Morgan fingerprint density at radius 1 is 1.10 bits per heavy atom. The summed E-state index contributed by atoms with van der Waals surface area (Å²) in [5.74, 6) is 0.285. The molecule has 0 bridgehead atoms. The van der Waals surface area contributed by atoms with E-state index in [0.717, 1.165) is 0 Å². The van der Waals surface area contributed by atoms with Crippen LogP contribution in [0.15, 0.2) is 24.3 Å². The van der Waals surface area contributed by atoms with Gasteiger partial charge < -0.3 is 10.4 Å². The second kappa shape index (κ2) is 7.81. The van der Waals surface area contributed by atoms with Gasteiger partial charge in [-0.1, -0.05) is 45.9 Å². The van der Waals surface area contributed by atoms with E-state index in [9.17, 15) is 9.59 Å². The van der Waals surface area contributed by atoms with Crippen LogP contribution >= 0.6 is 0 Å². The van der Waals surface area contributed by atoms with Gasteiger partial charge in [-0.2, -0.15) is 0 Å². The molecule has 0 saturated carbocycles. The van der Waals surface area contributed by atoms with Gasteiger partial charge in [-0.25, -0.2) is 4.79 Å². The number of hydrogen-bond acceptors (Lipinski definition) is 2. The minimum atomic E-state index is -0.999. The molecular weight excluding hydrogens is 266 g/mol. The predicted octanol–water partition coefficient (Wildman–Crippen LogP) is 2.97. The van der Waals surface area contributed by atoms with Gasteiger partial charge in [-0.3, -0.25) is 4.79 Å². The fourth-order valence-corrected chi connectivity index (χ4v) is 2.59. The lowest BCUT2D eigenvalue weighted by molar-refractivity contribution is -0.120. The van der Waals surface area contributed by atoms with Gasteiger partial charge >= 0.3 is 5.97 Å². The molecule has 0 atom stereocenters.